The SMILES string of the molecule is CCNCc1ccncc1-n1cnc2ccccc21. The van der Waals surface area contributed by atoms with Gasteiger partial charge in [0.15, 0.2) is 0 Å². The molecule has 0 amide bonds. The third-order valence-corrected chi connectivity index (χ3v) is 3.17. The Morgan fingerprint density at radius 1 is 1.21 bits per heavy atom. The zero-order valence-corrected chi connectivity index (χ0v) is 10.9. The first-order chi connectivity index (χ1) is 9.40. The fourth-order valence-corrected chi connectivity index (χ4v) is 2.19. The summed E-state index contributed by atoms with van der Waals surface area (Å²) in [4.78, 5) is 8.67. The highest BCUT2D eigenvalue weighted by atomic mass is 15.1. The number of hydrogen-bond donors (Lipinski definition) is 1. The summed E-state index contributed by atoms with van der Waals surface area (Å²) < 4.78 is 2.09. The lowest BCUT2D eigenvalue weighted by atomic mass is 10.2. The van der Waals surface area contributed by atoms with Crippen molar-refractivity contribution in [2.75, 3.05) is 6.54 Å². The van der Waals surface area contributed by atoms with Crippen LogP contribution in [0.2, 0.25) is 0 Å². The van der Waals surface area contributed by atoms with Gasteiger partial charge in [-0.2, -0.15) is 0 Å². The maximum atomic E-state index is 4.43. The van der Waals surface area contributed by atoms with Gasteiger partial charge in [-0.1, -0.05) is 19.1 Å². The molecule has 0 saturated heterocycles. The van der Waals surface area contributed by atoms with Gasteiger partial charge in [0, 0.05) is 12.7 Å². The van der Waals surface area contributed by atoms with E-state index in [2.05, 4.69) is 32.8 Å². The summed E-state index contributed by atoms with van der Waals surface area (Å²) >= 11 is 0. The van der Waals surface area contributed by atoms with E-state index >= 15 is 0 Å². The van der Waals surface area contributed by atoms with Crippen molar-refractivity contribution in [3.63, 3.8) is 0 Å². The molecule has 3 rings (SSSR count). The van der Waals surface area contributed by atoms with Crippen molar-refractivity contribution in [3.05, 3.63) is 54.6 Å². The molecule has 1 aromatic carbocycles. The smallest absolute Gasteiger partial charge is 0.100 e. The van der Waals surface area contributed by atoms with E-state index in [1.54, 1.807) is 0 Å². The van der Waals surface area contributed by atoms with Crippen molar-refractivity contribution in [2.45, 2.75) is 13.5 Å². The molecule has 2 heterocycles. The molecule has 0 aliphatic rings. The highest BCUT2D eigenvalue weighted by Gasteiger charge is 2.08. The maximum absolute atomic E-state index is 4.43. The molecule has 19 heavy (non-hydrogen) atoms. The Kier molecular flexibility index (Phi) is 3.25. The summed E-state index contributed by atoms with van der Waals surface area (Å²) in [7, 11) is 0. The number of benzene rings is 1. The lowest BCUT2D eigenvalue weighted by molar-refractivity contribution is 0.722. The Morgan fingerprint density at radius 2 is 2.11 bits per heavy atom. The van der Waals surface area contributed by atoms with Gasteiger partial charge >= 0.3 is 0 Å². The fourth-order valence-electron chi connectivity index (χ4n) is 2.19. The van der Waals surface area contributed by atoms with E-state index in [4.69, 9.17) is 0 Å². The first-order valence-electron chi connectivity index (χ1n) is 6.46. The van der Waals surface area contributed by atoms with Crippen LogP contribution < -0.4 is 5.32 Å². The number of rotatable bonds is 4. The Balaban J connectivity index is 2.11. The average molecular weight is 252 g/mol. The zero-order chi connectivity index (χ0) is 13.1. The van der Waals surface area contributed by atoms with Gasteiger partial charge in [0.05, 0.1) is 22.9 Å². The molecule has 0 unspecified atom stereocenters. The van der Waals surface area contributed by atoms with E-state index in [-0.39, 0.29) is 0 Å². The molecule has 0 aliphatic carbocycles. The molecule has 0 saturated carbocycles. The topological polar surface area (TPSA) is 42.7 Å². The highest BCUT2D eigenvalue weighted by molar-refractivity contribution is 5.77. The van der Waals surface area contributed by atoms with Crippen molar-refractivity contribution in [2.24, 2.45) is 0 Å². The quantitative estimate of drug-likeness (QED) is 0.776. The number of nitrogens with zero attached hydrogens (tertiary/aromatic N) is 3. The summed E-state index contributed by atoms with van der Waals surface area (Å²) in [5, 5.41) is 3.35. The second kappa shape index (κ2) is 5.20. The predicted molar refractivity (Wildman–Crippen MR) is 76.2 cm³/mol. The number of para-hydroxylation sites is 2. The number of fused-ring (bicyclic) bond motifs is 1. The van der Waals surface area contributed by atoms with Crippen molar-refractivity contribution >= 4 is 11.0 Å². The predicted octanol–water partition coefficient (Wildman–Crippen LogP) is 2.53. The van der Waals surface area contributed by atoms with Gasteiger partial charge in [0.1, 0.15) is 6.33 Å². The van der Waals surface area contributed by atoms with Crippen LogP contribution in [-0.4, -0.2) is 21.1 Å². The molecule has 1 N–H and O–H groups in total. The molecule has 0 aliphatic heterocycles. The van der Waals surface area contributed by atoms with Crippen LogP contribution in [-0.2, 0) is 6.54 Å². The Morgan fingerprint density at radius 3 is 3.00 bits per heavy atom. The Labute approximate surface area is 112 Å². The van der Waals surface area contributed by atoms with E-state index in [1.165, 1.54) is 5.56 Å². The third-order valence-electron chi connectivity index (χ3n) is 3.17. The van der Waals surface area contributed by atoms with E-state index in [0.29, 0.717) is 0 Å². The van der Waals surface area contributed by atoms with E-state index in [9.17, 15) is 0 Å². The summed E-state index contributed by atoms with van der Waals surface area (Å²) in [5.41, 5.74) is 4.41. The molecule has 0 radical (unpaired) electrons. The summed E-state index contributed by atoms with van der Waals surface area (Å²) in [6, 6.07) is 10.2. The summed E-state index contributed by atoms with van der Waals surface area (Å²) in [6.45, 7) is 3.89. The van der Waals surface area contributed by atoms with Crippen molar-refractivity contribution in [1.29, 1.82) is 0 Å². The lowest BCUT2D eigenvalue weighted by Gasteiger charge is -2.10. The van der Waals surface area contributed by atoms with Crippen molar-refractivity contribution in [3.8, 4) is 5.69 Å². The first kappa shape index (κ1) is 11.9. The minimum absolute atomic E-state index is 0.834. The molecule has 4 nitrogen and oxygen atoms in total. The number of nitrogens with one attached hydrogen (secondary N) is 1. The van der Waals surface area contributed by atoms with Crippen LogP contribution in [0.1, 0.15) is 12.5 Å². The van der Waals surface area contributed by atoms with Gasteiger partial charge in [-0.3, -0.25) is 9.55 Å². The van der Waals surface area contributed by atoms with Crippen LogP contribution in [0, 0.1) is 0 Å². The molecule has 96 valence electrons. The molecule has 0 atom stereocenters. The number of hydrogen-bond acceptors (Lipinski definition) is 3. The maximum Gasteiger partial charge on any atom is 0.100 e. The van der Waals surface area contributed by atoms with Gasteiger partial charge in [0.2, 0.25) is 0 Å². The van der Waals surface area contributed by atoms with Crippen LogP contribution in [0.5, 0.6) is 0 Å². The monoisotopic (exact) mass is 252 g/mol. The highest BCUT2D eigenvalue weighted by Crippen LogP contribution is 2.20. The minimum atomic E-state index is 0.834. The first-order valence-corrected chi connectivity index (χ1v) is 6.46. The fraction of sp³-hybridized carbons (Fsp3) is 0.200. The van der Waals surface area contributed by atoms with Crippen LogP contribution in [0.3, 0.4) is 0 Å². The van der Waals surface area contributed by atoms with Crippen molar-refractivity contribution < 1.29 is 0 Å². The molecular weight excluding hydrogens is 236 g/mol. The van der Waals surface area contributed by atoms with E-state index in [1.807, 2.05) is 43.0 Å². The molecular formula is C15H16N4. The average Bonchev–Trinajstić information content (AvgIpc) is 2.89. The normalized spacial score (nSPS) is 11.0. The van der Waals surface area contributed by atoms with Gasteiger partial charge in [-0.05, 0) is 30.3 Å². The molecule has 0 spiro atoms. The second-order valence-corrected chi connectivity index (χ2v) is 4.39. The standard InChI is InChI=1S/C15H16N4/c1-2-16-9-12-7-8-17-10-15(12)19-11-18-13-5-3-4-6-14(13)19/h3-8,10-11,16H,2,9H2,1H3. The number of aromatic nitrogens is 3. The largest absolute Gasteiger partial charge is 0.313 e. The van der Waals surface area contributed by atoms with Gasteiger partial charge < -0.3 is 5.32 Å². The molecule has 3 aromatic rings. The minimum Gasteiger partial charge on any atom is -0.313 e. The molecule has 0 bridgehead atoms. The molecule has 0 fully saturated rings. The third kappa shape index (κ3) is 2.22. The van der Waals surface area contributed by atoms with Crippen LogP contribution in [0.25, 0.3) is 16.7 Å². The molecule has 4 heteroatoms. The number of imidazole rings is 1. The van der Waals surface area contributed by atoms with Crippen LogP contribution in [0.15, 0.2) is 49.1 Å². The van der Waals surface area contributed by atoms with Gasteiger partial charge in [0.25, 0.3) is 0 Å². The number of pyridine rings is 1. The summed E-state index contributed by atoms with van der Waals surface area (Å²) in [5.74, 6) is 0. The molecule has 2 aromatic heterocycles. The Bertz CT molecular complexity index is 687. The second-order valence-electron chi connectivity index (χ2n) is 4.39. The van der Waals surface area contributed by atoms with Gasteiger partial charge in [-0.15, -0.1) is 0 Å². The van der Waals surface area contributed by atoms with E-state index < -0.39 is 0 Å². The zero-order valence-electron chi connectivity index (χ0n) is 10.9. The van der Waals surface area contributed by atoms with Crippen LogP contribution >= 0.6 is 0 Å². The van der Waals surface area contributed by atoms with E-state index in [0.717, 1.165) is 29.8 Å². The van der Waals surface area contributed by atoms with Crippen LogP contribution in [0.4, 0.5) is 0 Å². The summed E-state index contributed by atoms with van der Waals surface area (Å²) in [6.07, 6.45) is 5.58. The van der Waals surface area contributed by atoms with Crippen molar-refractivity contribution in [1.82, 2.24) is 19.9 Å². The Hall–Kier alpha value is -2.20. The lowest BCUT2D eigenvalue weighted by Crippen LogP contribution is -2.14. The van der Waals surface area contributed by atoms with Gasteiger partial charge in [-0.25, -0.2) is 4.98 Å².